The summed E-state index contributed by atoms with van der Waals surface area (Å²) in [6.07, 6.45) is 0.674. The fourth-order valence-electron chi connectivity index (χ4n) is 1.42. The van der Waals surface area contributed by atoms with Gasteiger partial charge in [0.15, 0.2) is 0 Å². The first-order valence-corrected chi connectivity index (χ1v) is 7.55. The summed E-state index contributed by atoms with van der Waals surface area (Å²) < 4.78 is 27.4. The number of rotatable bonds is 10. The van der Waals surface area contributed by atoms with Gasteiger partial charge in [-0.3, -0.25) is 0 Å². The monoisotopic (exact) mass is 266 g/mol. The summed E-state index contributed by atoms with van der Waals surface area (Å²) in [4.78, 5) is 2.17. The first-order valence-electron chi connectivity index (χ1n) is 6.11. The van der Waals surface area contributed by atoms with Gasteiger partial charge in [0.1, 0.15) is 0 Å². The molecule has 0 aliphatic rings. The first-order chi connectivity index (χ1) is 7.97. The summed E-state index contributed by atoms with van der Waals surface area (Å²) in [5.41, 5.74) is 5.35. The van der Waals surface area contributed by atoms with E-state index in [9.17, 15) is 8.42 Å². The van der Waals surface area contributed by atoms with E-state index in [0.29, 0.717) is 26.1 Å². The van der Waals surface area contributed by atoms with Crippen molar-refractivity contribution < 1.29 is 8.42 Å². The maximum Gasteiger partial charge on any atom is 0.279 e. The Morgan fingerprint density at radius 1 is 1.18 bits per heavy atom. The van der Waals surface area contributed by atoms with Crippen molar-refractivity contribution in [3.63, 3.8) is 0 Å². The van der Waals surface area contributed by atoms with Crippen LogP contribution in [0.15, 0.2) is 0 Å². The minimum absolute atomic E-state index is 0.441. The van der Waals surface area contributed by atoms with E-state index < -0.39 is 10.2 Å². The van der Waals surface area contributed by atoms with Crippen LogP contribution in [0.4, 0.5) is 0 Å². The lowest BCUT2D eigenvalue weighted by molar-refractivity contribution is 0.307. The summed E-state index contributed by atoms with van der Waals surface area (Å²) >= 11 is 0. The van der Waals surface area contributed by atoms with Gasteiger partial charge in [-0.1, -0.05) is 13.8 Å². The Hall–Kier alpha value is -0.210. The molecule has 0 saturated carbocycles. The van der Waals surface area contributed by atoms with Crippen LogP contribution in [0.25, 0.3) is 0 Å². The van der Waals surface area contributed by atoms with Crippen molar-refractivity contribution in [2.24, 2.45) is 5.73 Å². The van der Waals surface area contributed by atoms with Crippen molar-refractivity contribution >= 4 is 10.2 Å². The van der Waals surface area contributed by atoms with Crippen molar-refractivity contribution in [1.82, 2.24) is 13.9 Å². The van der Waals surface area contributed by atoms with Crippen molar-refractivity contribution in [2.75, 3.05) is 46.3 Å². The van der Waals surface area contributed by atoms with Crippen LogP contribution in [0.1, 0.15) is 20.3 Å². The Kier molecular flexibility index (Phi) is 8.71. The smallest absolute Gasteiger partial charge is 0.279 e. The second-order valence-corrected chi connectivity index (χ2v) is 5.75. The molecule has 0 amide bonds. The highest BCUT2D eigenvalue weighted by Gasteiger charge is 2.16. The molecule has 0 rings (SSSR count). The minimum Gasteiger partial charge on any atom is -0.330 e. The van der Waals surface area contributed by atoms with Gasteiger partial charge >= 0.3 is 0 Å². The number of likely N-dealkylation sites (N-methyl/N-ethyl adjacent to an activating group) is 1. The average Bonchev–Trinajstić information content (AvgIpc) is 2.31. The Morgan fingerprint density at radius 2 is 1.76 bits per heavy atom. The average molecular weight is 266 g/mol. The van der Waals surface area contributed by atoms with Gasteiger partial charge < -0.3 is 10.6 Å². The maximum atomic E-state index is 11.8. The molecule has 0 radical (unpaired) electrons. The van der Waals surface area contributed by atoms with Crippen molar-refractivity contribution in [3.8, 4) is 0 Å². The Morgan fingerprint density at radius 3 is 2.24 bits per heavy atom. The van der Waals surface area contributed by atoms with Gasteiger partial charge in [0, 0.05) is 26.7 Å². The normalized spacial score (nSPS) is 12.6. The standard InChI is InChI=1S/C10H26N4O2S/c1-4-14(5-2)10-8-12-17(15,16)13(3)9-6-7-11/h12H,4-11H2,1-3H3. The number of hydrogen-bond donors (Lipinski definition) is 2. The molecular weight excluding hydrogens is 240 g/mol. The summed E-state index contributed by atoms with van der Waals surface area (Å²) in [6.45, 7) is 8.11. The van der Waals surface area contributed by atoms with Crippen LogP contribution >= 0.6 is 0 Å². The van der Waals surface area contributed by atoms with E-state index in [0.717, 1.165) is 19.6 Å². The molecule has 0 fully saturated rings. The van der Waals surface area contributed by atoms with Gasteiger partial charge in [0.2, 0.25) is 0 Å². The van der Waals surface area contributed by atoms with Crippen LogP contribution in [-0.2, 0) is 10.2 Å². The quantitative estimate of drug-likeness (QED) is 0.556. The third-order valence-corrected chi connectivity index (χ3v) is 4.27. The number of nitrogens with zero attached hydrogens (tertiary/aromatic N) is 2. The van der Waals surface area contributed by atoms with E-state index >= 15 is 0 Å². The lowest BCUT2D eigenvalue weighted by Crippen LogP contribution is -2.42. The highest BCUT2D eigenvalue weighted by Crippen LogP contribution is 1.95. The van der Waals surface area contributed by atoms with Crippen molar-refractivity contribution in [2.45, 2.75) is 20.3 Å². The van der Waals surface area contributed by atoms with Gasteiger partial charge in [-0.15, -0.1) is 0 Å². The van der Waals surface area contributed by atoms with E-state index in [4.69, 9.17) is 5.73 Å². The molecule has 0 aliphatic carbocycles. The molecule has 0 aromatic rings. The second kappa shape index (κ2) is 8.82. The van der Waals surface area contributed by atoms with Crippen molar-refractivity contribution in [1.29, 1.82) is 0 Å². The summed E-state index contributed by atoms with van der Waals surface area (Å²) in [5.74, 6) is 0. The predicted octanol–water partition coefficient (Wildman–Crippen LogP) is -0.557. The zero-order valence-corrected chi connectivity index (χ0v) is 12.0. The zero-order chi connectivity index (χ0) is 13.3. The van der Waals surface area contributed by atoms with Crippen LogP contribution in [0.3, 0.4) is 0 Å². The van der Waals surface area contributed by atoms with E-state index in [1.165, 1.54) is 4.31 Å². The van der Waals surface area contributed by atoms with Gasteiger partial charge in [-0.25, -0.2) is 4.72 Å². The number of nitrogens with two attached hydrogens (primary N) is 1. The van der Waals surface area contributed by atoms with E-state index in [1.54, 1.807) is 7.05 Å². The van der Waals surface area contributed by atoms with Crippen molar-refractivity contribution in [3.05, 3.63) is 0 Å². The third-order valence-electron chi connectivity index (χ3n) is 2.69. The predicted molar refractivity (Wildman–Crippen MR) is 71.0 cm³/mol. The van der Waals surface area contributed by atoms with Gasteiger partial charge in [-0.05, 0) is 26.1 Å². The van der Waals surface area contributed by atoms with Crippen LogP contribution in [0, 0.1) is 0 Å². The lowest BCUT2D eigenvalue weighted by atomic mass is 10.4. The topological polar surface area (TPSA) is 78.7 Å². The molecule has 0 unspecified atom stereocenters. The molecule has 0 atom stereocenters. The molecule has 0 bridgehead atoms. The molecule has 0 aliphatic heterocycles. The Bertz CT molecular complexity index is 278. The third kappa shape index (κ3) is 6.95. The first kappa shape index (κ1) is 16.8. The molecule has 104 valence electrons. The number of nitrogens with one attached hydrogen (secondary N) is 1. The molecular formula is C10H26N4O2S. The molecule has 0 saturated heterocycles. The summed E-state index contributed by atoms with van der Waals surface area (Å²) in [7, 11) is -1.78. The van der Waals surface area contributed by atoms with E-state index in [-0.39, 0.29) is 0 Å². The lowest BCUT2D eigenvalue weighted by Gasteiger charge is -2.20. The molecule has 0 heterocycles. The van der Waals surface area contributed by atoms with Crippen LogP contribution in [0.2, 0.25) is 0 Å². The fourth-order valence-corrected chi connectivity index (χ4v) is 2.36. The molecule has 7 heteroatoms. The van der Waals surface area contributed by atoms with Crippen LogP contribution in [0.5, 0.6) is 0 Å². The molecule has 0 spiro atoms. The zero-order valence-electron chi connectivity index (χ0n) is 11.1. The minimum atomic E-state index is -3.34. The highest BCUT2D eigenvalue weighted by molar-refractivity contribution is 7.87. The molecule has 0 aromatic heterocycles. The Labute approximate surface area is 105 Å². The van der Waals surface area contributed by atoms with E-state index in [2.05, 4.69) is 23.5 Å². The van der Waals surface area contributed by atoms with E-state index in [1.807, 2.05) is 0 Å². The van der Waals surface area contributed by atoms with Crippen LogP contribution in [-0.4, -0.2) is 63.9 Å². The Balaban J connectivity index is 4.00. The second-order valence-electron chi connectivity index (χ2n) is 3.89. The largest absolute Gasteiger partial charge is 0.330 e. The molecule has 6 nitrogen and oxygen atoms in total. The SMILES string of the molecule is CCN(CC)CCNS(=O)(=O)N(C)CCCN. The summed E-state index contributed by atoms with van der Waals surface area (Å²) in [6, 6.07) is 0. The fraction of sp³-hybridized carbons (Fsp3) is 1.00. The van der Waals surface area contributed by atoms with Crippen LogP contribution < -0.4 is 10.5 Å². The van der Waals surface area contributed by atoms with Gasteiger partial charge in [0.05, 0.1) is 0 Å². The molecule has 17 heavy (non-hydrogen) atoms. The van der Waals surface area contributed by atoms with Gasteiger partial charge in [-0.2, -0.15) is 12.7 Å². The maximum absolute atomic E-state index is 11.8. The summed E-state index contributed by atoms with van der Waals surface area (Å²) in [5, 5.41) is 0. The molecule has 3 N–H and O–H groups in total. The highest BCUT2D eigenvalue weighted by atomic mass is 32.2. The molecule has 0 aromatic carbocycles. The van der Waals surface area contributed by atoms with Gasteiger partial charge in [0.25, 0.3) is 10.2 Å². The number of hydrogen-bond acceptors (Lipinski definition) is 4.